The maximum Gasteiger partial charge on any atom is 0.0669 e. The number of alkyl halides is 1. The summed E-state index contributed by atoms with van der Waals surface area (Å²) in [6.45, 7) is 4.89. The van der Waals surface area contributed by atoms with Gasteiger partial charge in [0, 0.05) is 12.4 Å². The van der Waals surface area contributed by atoms with Crippen LogP contribution in [0.3, 0.4) is 0 Å². The van der Waals surface area contributed by atoms with Gasteiger partial charge in [0.15, 0.2) is 0 Å². The van der Waals surface area contributed by atoms with Crippen molar-refractivity contribution >= 4 is 36.2 Å². The fourth-order valence-corrected chi connectivity index (χ4v) is 1.22. The molecule has 0 radical (unpaired) electrons. The van der Waals surface area contributed by atoms with Gasteiger partial charge in [-0.3, -0.25) is 4.72 Å². The minimum absolute atomic E-state index is 0.00788. The van der Waals surface area contributed by atoms with Crippen LogP contribution in [0.2, 0.25) is 0 Å². The molecule has 0 spiro atoms. The van der Waals surface area contributed by atoms with E-state index in [2.05, 4.69) is 17.4 Å². The van der Waals surface area contributed by atoms with E-state index in [1.807, 2.05) is 13.8 Å². The quantitative estimate of drug-likeness (QED) is 0.229. The maximum atomic E-state index is 5.43. The molecule has 1 N–H and O–H groups in total. The highest BCUT2D eigenvalue weighted by Gasteiger charge is 2.10. The molecule has 0 aliphatic rings. The van der Waals surface area contributed by atoms with E-state index in [1.165, 1.54) is 0 Å². The molecule has 0 aromatic rings. The molecule has 0 heterocycles. The summed E-state index contributed by atoms with van der Waals surface area (Å²) in [6.07, 6.45) is 0. The van der Waals surface area contributed by atoms with E-state index in [0.29, 0.717) is 5.88 Å². The lowest BCUT2D eigenvalue weighted by Gasteiger charge is -2.15. The minimum Gasteiger partial charge on any atom is -0.262 e. The van der Waals surface area contributed by atoms with Crippen LogP contribution in [0.4, 0.5) is 0 Å². The SMILES string of the molecule is CC(C)(S)SNCCCl. The molecule has 56 valence electrons. The Morgan fingerprint density at radius 3 is 2.56 bits per heavy atom. The summed E-state index contributed by atoms with van der Waals surface area (Å²) in [5, 5.41) is 0. The highest BCUT2D eigenvalue weighted by Crippen LogP contribution is 2.24. The van der Waals surface area contributed by atoms with Gasteiger partial charge in [-0.25, -0.2) is 0 Å². The largest absolute Gasteiger partial charge is 0.262 e. The Balaban J connectivity index is 3.07. The Kier molecular flexibility index (Phi) is 5.22. The highest BCUT2D eigenvalue weighted by atomic mass is 35.5. The van der Waals surface area contributed by atoms with Crippen LogP contribution in [0.5, 0.6) is 0 Å². The molecule has 0 amide bonds. The van der Waals surface area contributed by atoms with Crippen molar-refractivity contribution in [2.45, 2.75) is 17.9 Å². The van der Waals surface area contributed by atoms with Crippen LogP contribution in [0.25, 0.3) is 0 Å². The Morgan fingerprint density at radius 2 is 2.22 bits per heavy atom. The standard InChI is InChI=1S/C5H12ClNS2/c1-5(2,8)9-7-4-3-6/h7-8H,3-4H2,1-2H3. The van der Waals surface area contributed by atoms with Gasteiger partial charge in [-0.1, -0.05) is 11.9 Å². The van der Waals surface area contributed by atoms with E-state index in [0.717, 1.165) is 6.54 Å². The van der Waals surface area contributed by atoms with Gasteiger partial charge in [-0.05, 0) is 13.8 Å². The number of hydrogen-bond donors (Lipinski definition) is 2. The molecule has 1 nitrogen and oxygen atoms in total. The zero-order valence-electron chi connectivity index (χ0n) is 5.65. The van der Waals surface area contributed by atoms with Crippen molar-refractivity contribution in [3.63, 3.8) is 0 Å². The zero-order valence-corrected chi connectivity index (χ0v) is 8.11. The molecule has 9 heavy (non-hydrogen) atoms. The summed E-state index contributed by atoms with van der Waals surface area (Å²) < 4.78 is 3.08. The monoisotopic (exact) mass is 185 g/mol. The number of rotatable bonds is 4. The van der Waals surface area contributed by atoms with Crippen molar-refractivity contribution in [3.05, 3.63) is 0 Å². The minimum atomic E-state index is -0.00788. The lowest BCUT2D eigenvalue weighted by Crippen LogP contribution is -2.16. The number of halogens is 1. The van der Waals surface area contributed by atoms with E-state index < -0.39 is 0 Å². The average Bonchev–Trinajstić information content (AvgIpc) is 1.63. The zero-order chi connectivity index (χ0) is 7.33. The third-order valence-electron chi connectivity index (χ3n) is 0.518. The van der Waals surface area contributed by atoms with Gasteiger partial charge in [-0.2, -0.15) is 12.6 Å². The second kappa shape index (κ2) is 4.72. The lowest BCUT2D eigenvalue weighted by molar-refractivity contribution is 0.979. The Morgan fingerprint density at radius 1 is 1.67 bits per heavy atom. The van der Waals surface area contributed by atoms with Crippen LogP contribution in [0.1, 0.15) is 13.8 Å². The third-order valence-corrected chi connectivity index (χ3v) is 1.83. The van der Waals surface area contributed by atoms with Crippen molar-refractivity contribution in [1.82, 2.24) is 4.72 Å². The molecule has 0 atom stereocenters. The van der Waals surface area contributed by atoms with E-state index in [-0.39, 0.29) is 4.08 Å². The van der Waals surface area contributed by atoms with Crippen LogP contribution >= 0.6 is 36.2 Å². The average molecular weight is 186 g/mol. The molecule has 0 bridgehead atoms. The first-order valence-corrected chi connectivity index (χ1v) is 4.55. The van der Waals surface area contributed by atoms with Gasteiger partial charge >= 0.3 is 0 Å². The van der Waals surface area contributed by atoms with Crippen molar-refractivity contribution in [1.29, 1.82) is 0 Å². The number of hydrogen-bond acceptors (Lipinski definition) is 3. The summed E-state index contributed by atoms with van der Waals surface area (Å²) in [7, 11) is 0. The topological polar surface area (TPSA) is 12.0 Å². The Bertz CT molecular complexity index is 71.8. The van der Waals surface area contributed by atoms with Crippen LogP contribution in [0.15, 0.2) is 0 Å². The first-order chi connectivity index (χ1) is 4.06. The Labute approximate surface area is 71.5 Å². The fraction of sp³-hybridized carbons (Fsp3) is 1.00. The van der Waals surface area contributed by atoms with Crippen molar-refractivity contribution < 1.29 is 0 Å². The molecule has 4 heteroatoms. The Hall–Kier alpha value is 0.950. The second-order valence-electron chi connectivity index (χ2n) is 2.13. The van der Waals surface area contributed by atoms with Gasteiger partial charge in [0.1, 0.15) is 0 Å². The molecule has 0 saturated heterocycles. The number of thiol groups is 1. The molecule has 0 fully saturated rings. The predicted octanol–water partition coefficient (Wildman–Crippen LogP) is 2.13. The fourth-order valence-electron chi connectivity index (χ4n) is 0.266. The van der Waals surface area contributed by atoms with Crippen LogP contribution < -0.4 is 4.72 Å². The van der Waals surface area contributed by atoms with E-state index >= 15 is 0 Å². The third kappa shape index (κ3) is 8.95. The molecule has 0 saturated carbocycles. The van der Waals surface area contributed by atoms with Crippen LogP contribution in [-0.4, -0.2) is 16.5 Å². The van der Waals surface area contributed by atoms with Gasteiger partial charge in [0.05, 0.1) is 4.08 Å². The molecular weight excluding hydrogens is 174 g/mol. The predicted molar refractivity (Wildman–Crippen MR) is 49.4 cm³/mol. The second-order valence-corrected chi connectivity index (χ2v) is 5.44. The molecule has 0 unspecified atom stereocenters. The molecular formula is C5H12ClNS2. The van der Waals surface area contributed by atoms with Crippen LogP contribution in [0, 0.1) is 0 Å². The molecule has 0 aromatic heterocycles. The van der Waals surface area contributed by atoms with Gasteiger partial charge in [0.25, 0.3) is 0 Å². The smallest absolute Gasteiger partial charge is 0.0669 e. The van der Waals surface area contributed by atoms with Gasteiger partial charge in [0.2, 0.25) is 0 Å². The van der Waals surface area contributed by atoms with Crippen molar-refractivity contribution in [2.24, 2.45) is 0 Å². The first kappa shape index (κ1) is 9.95. The van der Waals surface area contributed by atoms with E-state index in [9.17, 15) is 0 Å². The summed E-state index contributed by atoms with van der Waals surface area (Å²) in [6, 6.07) is 0. The first-order valence-electron chi connectivity index (χ1n) is 2.75. The molecule has 0 aliphatic carbocycles. The maximum absolute atomic E-state index is 5.43. The van der Waals surface area contributed by atoms with Crippen molar-refractivity contribution in [3.8, 4) is 0 Å². The molecule has 0 aliphatic heterocycles. The summed E-state index contributed by atoms with van der Waals surface area (Å²) in [5.41, 5.74) is 0. The normalized spacial score (nSPS) is 12.0. The number of nitrogens with one attached hydrogen (secondary N) is 1. The van der Waals surface area contributed by atoms with Crippen molar-refractivity contribution in [2.75, 3.05) is 12.4 Å². The van der Waals surface area contributed by atoms with E-state index in [4.69, 9.17) is 11.6 Å². The van der Waals surface area contributed by atoms with E-state index in [1.54, 1.807) is 11.9 Å². The van der Waals surface area contributed by atoms with Gasteiger partial charge in [-0.15, -0.1) is 11.6 Å². The molecule has 0 rings (SSSR count). The summed E-state index contributed by atoms with van der Waals surface area (Å²) in [5.74, 6) is 0.650. The highest BCUT2D eigenvalue weighted by molar-refractivity contribution is 8.10. The summed E-state index contributed by atoms with van der Waals surface area (Å²) >= 11 is 11.3. The van der Waals surface area contributed by atoms with Crippen LogP contribution in [-0.2, 0) is 0 Å². The molecule has 0 aromatic carbocycles. The van der Waals surface area contributed by atoms with Gasteiger partial charge < -0.3 is 0 Å². The summed E-state index contributed by atoms with van der Waals surface area (Å²) in [4.78, 5) is 0. The lowest BCUT2D eigenvalue weighted by atomic mass is 10.5.